The molecule has 2 aromatic heterocycles. The third-order valence-electron chi connectivity index (χ3n) is 4.94. The minimum atomic E-state index is -4.77. The van der Waals surface area contributed by atoms with Crippen LogP contribution in [0.2, 0.25) is 0 Å². The average Bonchev–Trinajstić information content (AvgIpc) is 2.96. The van der Waals surface area contributed by atoms with Gasteiger partial charge in [0.25, 0.3) is 0 Å². The summed E-state index contributed by atoms with van der Waals surface area (Å²) in [7, 11) is 0. The fraction of sp³-hybridized carbons (Fsp3) is 0.429. The summed E-state index contributed by atoms with van der Waals surface area (Å²) in [5.74, 6) is -0.476. The van der Waals surface area contributed by atoms with E-state index in [9.17, 15) is 41.0 Å². The van der Waals surface area contributed by atoms with E-state index < -0.39 is 41.7 Å². The molecule has 0 spiro atoms. The zero-order valence-corrected chi connectivity index (χ0v) is 17.8. The van der Waals surface area contributed by atoms with Crippen molar-refractivity contribution in [3.05, 3.63) is 56.4 Å². The molecule has 0 saturated carbocycles. The quantitative estimate of drug-likeness (QED) is 0.284. The lowest BCUT2D eigenvalue weighted by Crippen LogP contribution is -2.29. The normalized spacial score (nSPS) is 12.4. The molecule has 0 bridgehead atoms. The molecule has 0 amide bonds. The van der Waals surface area contributed by atoms with Crippen molar-refractivity contribution in [3.8, 4) is 11.6 Å². The van der Waals surface area contributed by atoms with Crippen molar-refractivity contribution in [3.63, 3.8) is 0 Å². The molecule has 0 unspecified atom stereocenters. The van der Waals surface area contributed by atoms with Gasteiger partial charge >= 0.3 is 23.7 Å². The van der Waals surface area contributed by atoms with Crippen LogP contribution in [0.25, 0.3) is 11.0 Å². The molecular formula is C21H20F6N2O5. The Morgan fingerprint density at radius 2 is 1.82 bits per heavy atom. The number of hydrogen-bond acceptors (Lipinski definition) is 5. The maximum atomic E-state index is 13.4. The van der Waals surface area contributed by atoms with Gasteiger partial charge in [-0.1, -0.05) is 13.3 Å². The van der Waals surface area contributed by atoms with E-state index in [2.05, 4.69) is 0 Å². The van der Waals surface area contributed by atoms with E-state index in [1.165, 1.54) is 6.07 Å². The van der Waals surface area contributed by atoms with E-state index in [4.69, 9.17) is 9.15 Å². The molecule has 3 rings (SSSR count). The smallest absolute Gasteiger partial charge is 0.417 e. The number of halogens is 6. The van der Waals surface area contributed by atoms with Crippen LogP contribution in [0.5, 0.6) is 11.6 Å². The molecule has 3 aromatic rings. The fourth-order valence-corrected chi connectivity index (χ4v) is 3.56. The molecule has 34 heavy (non-hydrogen) atoms. The first kappa shape index (κ1) is 25.2. The van der Waals surface area contributed by atoms with Crippen molar-refractivity contribution in [2.45, 2.75) is 51.6 Å². The zero-order chi connectivity index (χ0) is 25.3. The Morgan fingerprint density at radius 1 is 1.12 bits per heavy atom. The van der Waals surface area contributed by atoms with Crippen LogP contribution in [0, 0.1) is 0 Å². The first-order chi connectivity index (χ1) is 15.8. The van der Waals surface area contributed by atoms with Gasteiger partial charge in [0.15, 0.2) is 0 Å². The van der Waals surface area contributed by atoms with Gasteiger partial charge in [-0.3, -0.25) is 9.13 Å². The standard InChI is InChI=1S/C21H20F6N2O5/c1-2-4-13-15(6-5-12-14(21(25,26)27)9-17(31)34-18(12)13)33-8-3-7-29-16(30)10-28(19(29)32)11-20(22,23)24/h5-6,9-10,30H,2-4,7-8,11H2,1H3. The van der Waals surface area contributed by atoms with Gasteiger partial charge in [-0.05, 0) is 25.0 Å². The van der Waals surface area contributed by atoms with Gasteiger partial charge in [-0.25, -0.2) is 9.59 Å². The van der Waals surface area contributed by atoms with Gasteiger partial charge in [0, 0.05) is 23.6 Å². The lowest BCUT2D eigenvalue weighted by molar-refractivity contribution is -0.141. The van der Waals surface area contributed by atoms with Crippen molar-refractivity contribution in [1.82, 2.24) is 9.13 Å². The van der Waals surface area contributed by atoms with Crippen molar-refractivity contribution >= 4 is 11.0 Å². The first-order valence-corrected chi connectivity index (χ1v) is 10.2. The molecule has 1 N–H and O–H groups in total. The van der Waals surface area contributed by atoms with Crippen LogP contribution in [0.15, 0.2) is 38.4 Å². The Kier molecular flexibility index (Phi) is 7.03. The molecule has 0 radical (unpaired) electrons. The summed E-state index contributed by atoms with van der Waals surface area (Å²) in [6, 6.07) is 2.82. The average molecular weight is 494 g/mol. The molecule has 1 aromatic carbocycles. The number of alkyl halides is 6. The first-order valence-electron chi connectivity index (χ1n) is 10.2. The van der Waals surface area contributed by atoms with Gasteiger partial charge < -0.3 is 14.3 Å². The van der Waals surface area contributed by atoms with Crippen molar-refractivity contribution in [2.24, 2.45) is 0 Å². The van der Waals surface area contributed by atoms with E-state index >= 15 is 0 Å². The Hall–Kier alpha value is -3.38. The molecule has 0 fully saturated rings. The Bertz CT molecular complexity index is 1290. The molecule has 0 atom stereocenters. The maximum absolute atomic E-state index is 13.4. The molecule has 2 heterocycles. The number of hydrogen-bond donors (Lipinski definition) is 1. The summed E-state index contributed by atoms with van der Waals surface area (Å²) in [6.45, 7) is -0.0259. The lowest BCUT2D eigenvalue weighted by atomic mass is 10.0. The number of aromatic hydroxyl groups is 1. The molecule has 0 aliphatic rings. The highest BCUT2D eigenvalue weighted by atomic mass is 19.4. The van der Waals surface area contributed by atoms with E-state index in [0.29, 0.717) is 23.3 Å². The van der Waals surface area contributed by atoms with Gasteiger partial charge in [0.2, 0.25) is 5.88 Å². The van der Waals surface area contributed by atoms with Gasteiger partial charge in [-0.2, -0.15) is 26.3 Å². The third kappa shape index (κ3) is 5.57. The second-order valence-electron chi connectivity index (χ2n) is 7.51. The Morgan fingerprint density at radius 3 is 2.44 bits per heavy atom. The predicted octanol–water partition coefficient (Wildman–Crippen LogP) is 4.46. The van der Waals surface area contributed by atoms with Crippen LogP contribution in [0.3, 0.4) is 0 Å². The summed E-state index contributed by atoms with van der Waals surface area (Å²) in [5, 5.41) is 9.49. The molecule has 0 aliphatic carbocycles. The number of benzene rings is 1. The maximum Gasteiger partial charge on any atom is 0.417 e. The number of imidazole rings is 1. The second kappa shape index (κ2) is 9.47. The van der Waals surface area contributed by atoms with Crippen LogP contribution in [0.4, 0.5) is 26.3 Å². The third-order valence-corrected chi connectivity index (χ3v) is 4.94. The molecule has 0 aliphatic heterocycles. The fourth-order valence-electron chi connectivity index (χ4n) is 3.56. The SMILES string of the molecule is CCCc1c(OCCCn2c(O)cn(CC(F)(F)F)c2=O)ccc2c(C(F)(F)F)cc(=O)oc12. The largest absolute Gasteiger partial charge is 0.493 e. The summed E-state index contributed by atoms with van der Waals surface area (Å²) in [4.78, 5) is 23.8. The molecule has 0 saturated heterocycles. The second-order valence-corrected chi connectivity index (χ2v) is 7.51. The molecule has 186 valence electrons. The topological polar surface area (TPSA) is 86.6 Å². The van der Waals surface area contributed by atoms with Crippen LogP contribution in [-0.4, -0.2) is 27.0 Å². The zero-order valence-electron chi connectivity index (χ0n) is 17.8. The van der Waals surface area contributed by atoms with Gasteiger partial charge in [0.1, 0.15) is 17.9 Å². The van der Waals surface area contributed by atoms with Crippen molar-refractivity contribution < 1.29 is 40.6 Å². The number of rotatable bonds is 8. The number of fused-ring (bicyclic) bond motifs is 1. The number of nitrogens with zero attached hydrogens (tertiary/aromatic N) is 2. The number of ether oxygens (including phenoxy) is 1. The predicted molar refractivity (Wildman–Crippen MR) is 108 cm³/mol. The monoisotopic (exact) mass is 494 g/mol. The minimum Gasteiger partial charge on any atom is -0.493 e. The highest BCUT2D eigenvalue weighted by molar-refractivity contribution is 5.85. The Balaban J connectivity index is 1.81. The van der Waals surface area contributed by atoms with Crippen LogP contribution in [-0.2, 0) is 25.7 Å². The van der Waals surface area contributed by atoms with E-state index in [1.54, 1.807) is 6.92 Å². The van der Waals surface area contributed by atoms with Crippen molar-refractivity contribution in [1.29, 1.82) is 0 Å². The summed E-state index contributed by atoms with van der Waals surface area (Å²) in [5.41, 5.74) is -3.31. The summed E-state index contributed by atoms with van der Waals surface area (Å²) in [6.07, 6.45) is -7.89. The molecule has 7 nitrogen and oxygen atoms in total. The van der Waals surface area contributed by atoms with Crippen LogP contribution < -0.4 is 16.1 Å². The lowest BCUT2D eigenvalue weighted by Gasteiger charge is -2.15. The van der Waals surface area contributed by atoms with Gasteiger partial charge in [0.05, 0.1) is 18.4 Å². The summed E-state index contributed by atoms with van der Waals surface area (Å²) >= 11 is 0. The van der Waals surface area contributed by atoms with E-state index in [0.717, 1.165) is 10.6 Å². The van der Waals surface area contributed by atoms with Gasteiger partial charge in [-0.15, -0.1) is 0 Å². The molecule has 13 heteroatoms. The van der Waals surface area contributed by atoms with Crippen molar-refractivity contribution in [2.75, 3.05) is 6.61 Å². The minimum absolute atomic E-state index is 0.0816. The Labute approximate surface area is 187 Å². The molecular weight excluding hydrogens is 474 g/mol. The van der Waals surface area contributed by atoms with E-state index in [1.807, 2.05) is 0 Å². The van der Waals surface area contributed by atoms with Crippen LogP contribution in [0.1, 0.15) is 30.9 Å². The summed E-state index contributed by atoms with van der Waals surface area (Å²) < 4.78 is 89.4. The number of aromatic nitrogens is 2. The van der Waals surface area contributed by atoms with E-state index in [-0.39, 0.29) is 48.3 Å². The number of aryl methyl sites for hydroxylation is 1. The highest BCUT2D eigenvalue weighted by Gasteiger charge is 2.34. The highest BCUT2D eigenvalue weighted by Crippen LogP contribution is 2.37. The van der Waals surface area contributed by atoms with Crippen LogP contribution >= 0.6 is 0 Å².